The number of thiophene rings is 1. The van der Waals surface area contributed by atoms with Crippen LogP contribution in [0.3, 0.4) is 0 Å². The topological polar surface area (TPSA) is 139 Å². The Morgan fingerprint density at radius 3 is 2.42 bits per heavy atom. The maximum Gasteiger partial charge on any atom is 0.307 e. The van der Waals surface area contributed by atoms with Gasteiger partial charge in [-0.25, -0.2) is 14.3 Å². The predicted octanol–water partition coefficient (Wildman–Crippen LogP) is 2.89. The molecule has 2 aromatic carbocycles. The van der Waals surface area contributed by atoms with E-state index in [0.717, 1.165) is 20.3 Å². The molecule has 5 N–H and O–H groups in total. The Bertz CT molecular complexity index is 1290. The highest BCUT2D eigenvalue weighted by molar-refractivity contribution is 7.91. The van der Waals surface area contributed by atoms with E-state index in [1.54, 1.807) is 36.4 Å². The highest BCUT2D eigenvalue weighted by Gasteiger charge is 2.24. The van der Waals surface area contributed by atoms with Gasteiger partial charge in [0.2, 0.25) is 0 Å². The van der Waals surface area contributed by atoms with Crippen LogP contribution in [0.2, 0.25) is 0 Å². The number of nitrogens with two attached hydrogens (primary N) is 2. The molecule has 36 heavy (non-hydrogen) atoms. The monoisotopic (exact) mass is 530 g/mol. The number of nitrogens with zero attached hydrogens (tertiary/aromatic N) is 2. The number of ether oxygens (including phenoxy) is 1. The van der Waals surface area contributed by atoms with Gasteiger partial charge in [-0.1, -0.05) is 42.5 Å². The fraction of sp³-hybridized carbons (Fsp3) is 0.240. The van der Waals surface area contributed by atoms with Gasteiger partial charge < -0.3 is 20.6 Å². The fourth-order valence-corrected chi connectivity index (χ4v) is 6.19. The van der Waals surface area contributed by atoms with E-state index < -0.39 is 22.0 Å². The highest BCUT2D eigenvalue weighted by atomic mass is 32.2. The van der Waals surface area contributed by atoms with Crippen molar-refractivity contribution in [2.75, 3.05) is 20.7 Å². The Morgan fingerprint density at radius 1 is 1.11 bits per heavy atom. The molecule has 1 aromatic heterocycles. The Labute approximate surface area is 215 Å². The van der Waals surface area contributed by atoms with Crippen LogP contribution in [-0.2, 0) is 26.0 Å². The van der Waals surface area contributed by atoms with E-state index in [0.29, 0.717) is 6.42 Å². The van der Waals surface area contributed by atoms with Crippen molar-refractivity contribution in [1.29, 1.82) is 0 Å². The van der Waals surface area contributed by atoms with Crippen molar-refractivity contribution < 1.29 is 23.1 Å². The summed E-state index contributed by atoms with van der Waals surface area (Å²) in [4.78, 5) is 12.8. The summed E-state index contributed by atoms with van der Waals surface area (Å²) in [5.41, 5.74) is 8.13. The first-order valence-corrected chi connectivity index (χ1v) is 13.3. The SMILES string of the molecule is COC(=O)C[C@H](Cc1ccc(O)cc1)N(N)/C=C(\N)CN(C)S(=O)(=O)c1ccc(-c2ccccc2)s1. The van der Waals surface area contributed by atoms with Gasteiger partial charge in [0.1, 0.15) is 9.96 Å². The highest BCUT2D eigenvalue weighted by Crippen LogP contribution is 2.32. The lowest BCUT2D eigenvalue weighted by molar-refractivity contribution is -0.141. The minimum atomic E-state index is -3.78. The van der Waals surface area contributed by atoms with E-state index in [2.05, 4.69) is 0 Å². The Balaban J connectivity index is 1.72. The van der Waals surface area contributed by atoms with Crippen LogP contribution in [0.4, 0.5) is 0 Å². The van der Waals surface area contributed by atoms with E-state index in [1.165, 1.54) is 36.7 Å². The van der Waals surface area contributed by atoms with E-state index in [4.69, 9.17) is 16.3 Å². The molecule has 3 aromatic rings. The molecule has 0 amide bonds. The number of benzene rings is 2. The quantitative estimate of drug-likeness (QED) is 0.195. The summed E-state index contributed by atoms with van der Waals surface area (Å²) < 4.78 is 32.4. The summed E-state index contributed by atoms with van der Waals surface area (Å²) in [7, 11) is -1.04. The molecule has 192 valence electrons. The van der Waals surface area contributed by atoms with Gasteiger partial charge in [0.25, 0.3) is 10.0 Å². The van der Waals surface area contributed by atoms with E-state index in [1.807, 2.05) is 30.3 Å². The standard InChI is InChI=1S/C25H30N4O5S2/c1-28(36(32,33)25-13-12-23(35-25)19-6-4-3-5-7-19)16-20(26)17-29(27)21(15-24(31)34-2)14-18-8-10-22(30)11-9-18/h3-13,17,21,30H,14-16,26-27H2,1-2H3/b20-17-/t21-/m0/s1. The summed E-state index contributed by atoms with van der Waals surface area (Å²) in [5.74, 6) is 5.89. The van der Waals surface area contributed by atoms with Crippen LogP contribution in [0.5, 0.6) is 5.75 Å². The molecule has 1 atom stereocenters. The second-order valence-corrected chi connectivity index (χ2v) is 11.6. The van der Waals surface area contributed by atoms with Crippen LogP contribution in [0.15, 0.2) is 82.8 Å². The van der Waals surface area contributed by atoms with Crippen LogP contribution >= 0.6 is 11.3 Å². The number of phenols is 1. The number of phenolic OH excluding ortho intramolecular Hbond substituents is 1. The summed E-state index contributed by atoms with van der Waals surface area (Å²) >= 11 is 1.18. The summed E-state index contributed by atoms with van der Waals surface area (Å²) in [6.07, 6.45) is 1.79. The predicted molar refractivity (Wildman–Crippen MR) is 140 cm³/mol. The lowest BCUT2D eigenvalue weighted by Crippen LogP contribution is -2.41. The summed E-state index contributed by atoms with van der Waals surface area (Å²) in [5, 5.41) is 10.8. The van der Waals surface area contributed by atoms with Crippen molar-refractivity contribution in [2.24, 2.45) is 11.6 Å². The minimum absolute atomic E-state index is 0.0107. The molecule has 0 bridgehead atoms. The zero-order valence-corrected chi connectivity index (χ0v) is 21.7. The lowest BCUT2D eigenvalue weighted by atomic mass is 10.0. The average molecular weight is 531 g/mol. The third-order valence-corrected chi connectivity index (χ3v) is 8.89. The van der Waals surface area contributed by atoms with Crippen LogP contribution < -0.4 is 11.6 Å². The molecule has 1 heterocycles. The molecule has 0 fully saturated rings. The first-order valence-electron chi connectivity index (χ1n) is 11.1. The summed E-state index contributed by atoms with van der Waals surface area (Å²) in [6, 6.07) is 18.9. The van der Waals surface area contributed by atoms with Crippen molar-refractivity contribution >= 4 is 27.3 Å². The maximum atomic E-state index is 13.1. The molecular formula is C25H30N4O5S2. The number of rotatable bonds is 11. The van der Waals surface area contributed by atoms with Gasteiger partial charge in [0.15, 0.2) is 0 Å². The number of sulfonamides is 1. The van der Waals surface area contributed by atoms with E-state index in [9.17, 15) is 18.3 Å². The number of hydrogen-bond donors (Lipinski definition) is 3. The maximum absolute atomic E-state index is 13.1. The van der Waals surface area contributed by atoms with Gasteiger partial charge in [-0.05, 0) is 41.8 Å². The third kappa shape index (κ3) is 7.08. The molecule has 11 heteroatoms. The molecule has 0 spiro atoms. The fourth-order valence-electron chi connectivity index (χ4n) is 3.51. The normalized spacial score (nSPS) is 12.9. The number of likely N-dealkylation sites (N-methyl/N-ethyl adjacent to an activating group) is 1. The Kier molecular flexibility index (Phi) is 9.10. The van der Waals surface area contributed by atoms with Crippen LogP contribution in [-0.4, -0.2) is 55.6 Å². The number of carbonyl (C=O) groups is 1. The second-order valence-electron chi connectivity index (χ2n) is 8.20. The van der Waals surface area contributed by atoms with Gasteiger partial charge in [0.05, 0.1) is 26.1 Å². The Morgan fingerprint density at radius 2 is 1.78 bits per heavy atom. The van der Waals surface area contributed by atoms with Gasteiger partial charge in [-0.2, -0.15) is 4.31 Å². The van der Waals surface area contributed by atoms with Crippen molar-refractivity contribution in [3.05, 3.63) is 84.2 Å². The smallest absolute Gasteiger partial charge is 0.307 e. The molecule has 0 aliphatic heterocycles. The molecule has 0 radical (unpaired) electrons. The number of esters is 1. The van der Waals surface area contributed by atoms with Gasteiger partial charge in [0, 0.05) is 23.8 Å². The number of aromatic hydroxyl groups is 1. The molecular weight excluding hydrogens is 500 g/mol. The first kappa shape index (κ1) is 27.2. The van der Waals surface area contributed by atoms with Gasteiger partial charge in [-0.3, -0.25) is 4.79 Å². The Hall–Kier alpha value is -3.38. The molecule has 3 rings (SSSR count). The van der Waals surface area contributed by atoms with Gasteiger partial charge >= 0.3 is 5.97 Å². The molecule has 0 saturated heterocycles. The number of hydrazine groups is 1. The summed E-state index contributed by atoms with van der Waals surface area (Å²) in [6.45, 7) is -0.0985. The average Bonchev–Trinajstić information content (AvgIpc) is 3.36. The second kappa shape index (κ2) is 12.0. The number of carbonyl (C=O) groups excluding carboxylic acids is 1. The minimum Gasteiger partial charge on any atom is -0.508 e. The van der Waals surface area contributed by atoms with Gasteiger partial charge in [-0.15, -0.1) is 11.3 Å². The van der Waals surface area contributed by atoms with Crippen molar-refractivity contribution in [1.82, 2.24) is 9.31 Å². The molecule has 0 aliphatic carbocycles. The number of hydrogen-bond acceptors (Lipinski definition) is 9. The lowest BCUT2D eigenvalue weighted by Gasteiger charge is -2.27. The molecule has 0 aliphatic rings. The van der Waals surface area contributed by atoms with Crippen LogP contribution in [0, 0.1) is 0 Å². The van der Waals surface area contributed by atoms with Crippen molar-refractivity contribution in [2.45, 2.75) is 23.1 Å². The zero-order valence-electron chi connectivity index (χ0n) is 20.1. The molecule has 9 nitrogen and oxygen atoms in total. The largest absolute Gasteiger partial charge is 0.508 e. The third-order valence-electron chi connectivity index (χ3n) is 5.48. The molecule has 0 saturated carbocycles. The first-order chi connectivity index (χ1) is 17.1. The zero-order chi connectivity index (χ0) is 26.3. The van der Waals surface area contributed by atoms with Crippen molar-refractivity contribution in [3.8, 4) is 16.2 Å². The number of methoxy groups -OCH3 is 1. The van der Waals surface area contributed by atoms with E-state index in [-0.39, 0.29) is 28.6 Å². The van der Waals surface area contributed by atoms with E-state index >= 15 is 0 Å². The van der Waals surface area contributed by atoms with Crippen LogP contribution in [0.25, 0.3) is 10.4 Å². The van der Waals surface area contributed by atoms with Crippen molar-refractivity contribution in [3.63, 3.8) is 0 Å². The molecule has 0 unspecified atom stereocenters. The van der Waals surface area contributed by atoms with Crippen LogP contribution in [0.1, 0.15) is 12.0 Å².